The highest BCUT2D eigenvalue weighted by Crippen LogP contribution is 2.17. The molecule has 0 aliphatic carbocycles. The van der Waals surface area contributed by atoms with Crippen LogP contribution in [0.2, 0.25) is 5.02 Å². The standard InChI is InChI=1S/C11H10ClN3O2S/c1-6-5-18-9(14-6)4-13-8-3-2-7(12)10(15-8)11(16)17/h2-3,5H,4H2,1H3,(H,13,15)(H,16,17). The number of nitrogens with zero attached hydrogens (tertiary/aromatic N) is 2. The number of carboxylic acid groups (broad SMARTS) is 1. The SMILES string of the molecule is Cc1csc(CNc2ccc(Cl)c(C(=O)O)n2)n1. The number of halogens is 1. The quantitative estimate of drug-likeness (QED) is 0.902. The molecule has 0 radical (unpaired) electrons. The van der Waals surface area contributed by atoms with E-state index < -0.39 is 5.97 Å². The van der Waals surface area contributed by atoms with Crippen LogP contribution in [0, 0.1) is 6.92 Å². The van der Waals surface area contributed by atoms with Crippen LogP contribution in [0.15, 0.2) is 17.5 Å². The molecule has 2 rings (SSSR count). The fourth-order valence-corrected chi connectivity index (χ4v) is 2.24. The van der Waals surface area contributed by atoms with Gasteiger partial charge >= 0.3 is 5.97 Å². The van der Waals surface area contributed by atoms with Crippen LogP contribution in [0.5, 0.6) is 0 Å². The number of hydrogen-bond donors (Lipinski definition) is 2. The predicted octanol–water partition coefficient (Wildman–Crippen LogP) is 2.81. The number of aromatic carboxylic acids is 1. The first-order chi connectivity index (χ1) is 8.56. The van der Waals surface area contributed by atoms with E-state index in [0.717, 1.165) is 10.7 Å². The molecule has 0 atom stereocenters. The van der Waals surface area contributed by atoms with E-state index in [1.54, 1.807) is 6.07 Å². The van der Waals surface area contributed by atoms with Crippen LogP contribution in [-0.4, -0.2) is 21.0 Å². The Morgan fingerprint density at radius 1 is 1.50 bits per heavy atom. The maximum absolute atomic E-state index is 10.9. The number of nitrogens with one attached hydrogen (secondary N) is 1. The summed E-state index contributed by atoms with van der Waals surface area (Å²) in [6.45, 7) is 2.43. The second-order valence-corrected chi connectivity index (χ2v) is 4.92. The van der Waals surface area contributed by atoms with Gasteiger partial charge in [0.05, 0.1) is 11.6 Å². The molecular formula is C11H10ClN3O2S. The molecule has 0 spiro atoms. The molecule has 2 aromatic rings. The third kappa shape index (κ3) is 2.96. The lowest BCUT2D eigenvalue weighted by molar-refractivity contribution is 0.0691. The number of aryl methyl sites for hydroxylation is 1. The van der Waals surface area contributed by atoms with Crippen LogP contribution in [0.4, 0.5) is 5.82 Å². The number of anilines is 1. The Morgan fingerprint density at radius 3 is 2.89 bits per heavy atom. The minimum Gasteiger partial charge on any atom is -0.476 e. The largest absolute Gasteiger partial charge is 0.476 e. The lowest BCUT2D eigenvalue weighted by Gasteiger charge is -2.05. The van der Waals surface area contributed by atoms with Gasteiger partial charge in [0.15, 0.2) is 5.69 Å². The first kappa shape index (κ1) is 12.8. The van der Waals surface area contributed by atoms with E-state index in [4.69, 9.17) is 16.7 Å². The van der Waals surface area contributed by atoms with Gasteiger partial charge in [0.1, 0.15) is 10.8 Å². The van der Waals surface area contributed by atoms with Crippen molar-refractivity contribution < 1.29 is 9.90 Å². The summed E-state index contributed by atoms with van der Waals surface area (Å²) in [6, 6.07) is 3.14. The fraction of sp³-hybridized carbons (Fsp3) is 0.182. The van der Waals surface area contributed by atoms with Crippen LogP contribution in [0.1, 0.15) is 21.2 Å². The van der Waals surface area contributed by atoms with Crippen LogP contribution < -0.4 is 5.32 Å². The van der Waals surface area contributed by atoms with Gasteiger partial charge in [-0.2, -0.15) is 0 Å². The predicted molar refractivity (Wildman–Crippen MR) is 70.4 cm³/mol. The molecule has 0 aliphatic rings. The van der Waals surface area contributed by atoms with E-state index in [9.17, 15) is 4.79 Å². The van der Waals surface area contributed by atoms with Gasteiger partial charge in [-0.1, -0.05) is 11.6 Å². The minimum absolute atomic E-state index is 0.123. The first-order valence-corrected chi connectivity index (χ1v) is 6.37. The van der Waals surface area contributed by atoms with Gasteiger partial charge in [-0.15, -0.1) is 11.3 Å². The van der Waals surface area contributed by atoms with Crippen molar-refractivity contribution in [3.8, 4) is 0 Å². The average Bonchev–Trinajstić information content (AvgIpc) is 2.74. The van der Waals surface area contributed by atoms with Crippen molar-refractivity contribution in [3.05, 3.63) is 38.9 Å². The van der Waals surface area contributed by atoms with E-state index in [0.29, 0.717) is 12.4 Å². The zero-order valence-electron chi connectivity index (χ0n) is 9.48. The Hall–Kier alpha value is -1.66. The zero-order valence-corrected chi connectivity index (χ0v) is 11.0. The Kier molecular flexibility index (Phi) is 3.78. The molecule has 0 saturated heterocycles. The van der Waals surface area contributed by atoms with E-state index in [2.05, 4.69) is 15.3 Å². The van der Waals surface area contributed by atoms with Crippen molar-refractivity contribution >= 4 is 34.7 Å². The van der Waals surface area contributed by atoms with Crippen molar-refractivity contribution in [1.29, 1.82) is 0 Å². The van der Waals surface area contributed by atoms with Crippen molar-refractivity contribution in [2.45, 2.75) is 13.5 Å². The molecule has 0 fully saturated rings. The van der Waals surface area contributed by atoms with Crippen LogP contribution in [-0.2, 0) is 6.54 Å². The van der Waals surface area contributed by atoms with Crippen molar-refractivity contribution in [2.24, 2.45) is 0 Å². The summed E-state index contributed by atoms with van der Waals surface area (Å²) in [5, 5.41) is 14.9. The summed E-state index contributed by atoms with van der Waals surface area (Å²) in [4.78, 5) is 19.1. The summed E-state index contributed by atoms with van der Waals surface area (Å²) in [5.74, 6) is -0.682. The second kappa shape index (κ2) is 5.32. The number of pyridine rings is 1. The third-order valence-electron chi connectivity index (χ3n) is 2.14. The van der Waals surface area contributed by atoms with E-state index in [1.165, 1.54) is 17.4 Å². The van der Waals surface area contributed by atoms with Crippen LogP contribution in [0.3, 0.4) is 0 Å². The van der Waals surface area contributed by atoms with Crippen molar-refractivity contribution in [2.75, 3.05) is 5.32 Å². The van der Waals surface area contributed by atoms with E-state index >= 15 is 0 Å². The second-order valence-electron chi connectivity index (χ2n) is 3.57. The molecule has 0 unspecified atom stereocenters. The topological polar surface area (TPSA) is 75.1 Å². The molecule has 2 heterocycles. The van der Waals surface area contributed by atoms with Gasteiger partial charge in [-0.3, -0.25) is 0 Å². The highest BCUT2D eigenvalue weighted by molar-refractivity contribution is 7.09. The molecule has 2 N–H and O–H groups in total. The summed E-state index contributed by atoms with van der Waals surface area (Å²) in [6.07, 6.45) is 0. The molecule has 0 aliphatic heterocycles. The van der Waals surface area contributed by atoms with E-state index in [1.807, 2.05) is 12.3 Å². The summed E-state index contributed by atoms with van der Waals surface area (Å²) >= 11 is 7.27. The minimum atomic E-state index is -1.14. The Labute approximate surface area is 112 Å². The monoisotopic (exact) mass is 283 g/mol. The fourth-order valence-electron chi connectivity index (χ4n) is 1.34. The molecule has 0 aromatic carbocycles. The molecule has 18 heavy (non-hydrogen) atoms. The Morgan fingerprint density at radius 2 is 2.28 bits per heavy atom. The zero-order chi connectivity index (χ0) is 13.1. The van der Waals surface area contributed by atoms with Gasteiger partial charge in [-0.25, -0.2) is 14.8 Å². The van der Waals surface area contributed by atoms with Gasteiger partial charge in [-0.05, 0) is 19.1 Å². The maximum atomic E-state index is 10.9. The number of thiazole rings is 1. The van der Waals surface area contributed by atoms with Gasteiger partial charge < -0.3 is 10.4 Å². The van der Waals surface area contributed by atoms with Gasteiger partial charge in [0.25, 0.3) is 0 Å². The Balaban J connectivity index is 2.10. The maximum Gasteiger partial charge on any atom is 0.356 e. The smallest absolute Gasteiger partial charge is 0.356 e. The molecular weight excluding hydrogens is 274 g/mol. The van der Waals surface area contributed by atoms with Gasteiger partial charge in [0.2, 0.25) is 0 Å². The molecule has 0 saturated carbocycles. The normalized spacial score (nSPS) is 10.3. The summed E-state index contributed by atoms with van der Waals surface area (Å²) in [5.41, 5.74) is 0.809. The lowest BCUT2D eigenvalue weighted by atomic mass is 10.3. The molecule has 7 heteroatoms. The molecule has 2 aromatic heterocycles. The summed E-state index contributed by atoms with van der Waals surface area (Å²) < 4.78 is 0. The lowest BCUT2D eigenvalue weighted by Crippen LogP contribution is -2.06. The molecule has 0 bridgehead atoms. The number of aromatic nitrogens is 2. The number of carbonyl (C=O) groups is 1. The van der Waals surface area contributed by atoms with Crippen molar-refractivity contribution in [1.82, 2.24) is 9.97 Å². The summed E-state index contributed by atoms with van der Waals surface area (Å²) in [7, 11) is 0. The highest BCUT2D eigenvalue weighted by atomic mass is 35.5. The number of carboxylic acids is 1. The molecule has 94 valence electrons. The van der Waals surface area contributed by atoms with Gasteiger partial charge in [0, 0.05) is 11.1 Å². The number of rotatable bonds is 4. The Bertz CT molecular complexity index is 585. The highest BCUT2D eigenvalue weighted by Gasteiger charge is 2.11. The molecule has 0 amide bonds. The van der Waals surface area contributed by atoms with E-state index in [-0.39, 0.29) is 10.7 Å². The van der Waals surface area contributed by atoms with Crippen LogP contribution >= 0.6 is 22.9 Å². The average molecular weight is 284 g/mol. The first-order valence-electron chi connectivity index (χ1n) is 5.11. The number of hydrogen-bond acceptors (Lipinski definition) is 5. The van der Waals surface area contributed by atoms with Crippen LogP contribution in [0.25, 0.3) is 0 Å². The third-order valence-corrected chi connectivity index (χ3v) is 3.41. The molecule has 5 nitrogen and oxygen atoms in total. The van der Waals surface area contributed by atoms with Crippen molar-refractivity contribution in [3.63, 3.8) is 0 Å².